The monoisotopic (exact) mass is 325 g/mol. The van der Waals surface area contributed by atoms with Crippen LogP contribution in [0.1, 0.15) is 31.4 Å². The number of carbonyl (C=O) groups is 2. The topological polar surface area (TPSA) is 75.4 Å². The maximum absolute atomic E-state index is 12.7. The van der Waals surface area contributed by atoms with Gasteiger partial charge in [-0.15, -0.1) is 12.4 Å². The summed E-state index contributed by atoms with van der Waals surface area (Å²) in [5.41, 5.74) is 7.15. The van der Waals surface area contributed by atoms with E-state index in [2.05, 4.69) is 5.32 Å². The minimum Gasteiger partial charge on any atom is -0.357 e. The molecular formula is C16H24ClN3O2. The first-order valence-electron chi connectivity index (χ1n) is 7.39. The minimum atomic E-state index is -0.357. The molecule has 3 atom stereocenters. The molecule has 0 aromatic heterocycles. The molecule has 0 aliphatic carbocycles. The Balaban J connectivity index is 0.00000242. The zero-order valence-electron chi connectivity index (χ0n) is 13.0. The fourth-order valence-electron chi connectivity index (χ4n) is 2.85. The Labute approximate surface area is 137 Å². The number of amides is 2. The standard InChI is InChI=1S/C16H23N3O2.ClH/c1-11(14(17)12-7-4-3-5-8-12)16(21)19-10-6-9-13(19)15(20)18-2;/h3-5,7-8,11,13-14H,6,9-10,17H2,1-2H3,(H,18,20);1H. The molecule has 6 heteroatoms. The molecule has 2 rings (SSSR count). The molecule has 1 aliphatic rings. The molecular weight excluding hydrogens is 302 g/mol. The van der Waals surface area contributed by atoms with E-state index in [0.29, 0.717) is 6.54 Å². The van der Waals surface area contributed by atoms with Crippen LogP contribution in [0.4, 0.5) is 0 Å². The zero-order valence-corrected chi connectivity index (χ0v) is 13.8. The zero-order chi connectivity index (χ0) is 15.4. The van der Waals surface area contributed by atoms with Crippen molar-refractivity contribution in [2.75, 3.05) is 13.6 Å². The van der Waals surface area contributed by atoms with Gasteiger partial charge in [-0.05, 0) is 18.4 Å². The Morgan fingerprint density at radius 3 is 2.55 bits per heavy atom. The fourth-order valence-corrected chi connectivity index (χ4v) is 2.85. The van der Waals surface area contributed by atoms with Gasteiger partial charge in [-0.3, -0.25) is 9.59 Å². The largest absolute Gasteiger partial charge is 0.357 e. The molecule has 3 unspecified atom stereocenters. The van der Waals surface area contributed by atoms with Crippen LogP contribution in [0.2, 0.25) is 0 Å². The number of carbonyl (C=O) groups excluding carboxylic acids is 2. The average molecular weight is 326 g/mol. The average Bonchev–Trinajstić information content (AvgIpc) is 3.02. The summed E-state index contributed by atoms with van der Waals surface area (Å²) in [6.45, 7) is 2.46. The summed E-state index contributed by atoms with van der Waals surface area (Å²) < 4.78 is 0. The van der Waals surface area contributed by atoms with Gasteiger partial charge in [0.2, 0.25) is 11.8 Å². The summed E-state index contributed by atoms with van der Waals surface area (Å²) in [4.78, 5) is 26.2. The predicted molar refractivity (Wildman–Crippen MR) is 88.6 cm³/mol. The quantitative estimate of drug-likeness (QED) is 0.880. The van der Waals surface area contributed by atoms with Gasteiger partial charge in [-0.2, -0.15) is 0 Å². The van der Waals surface area contributed by atoms with E-state index in [1.54, 1.807) is 11.9 Å². The number of rotatable bonds is 4. The van der Waals surface area contributed by atoms with Crippen LogP contribution in [0.5, 0.6) is 0 Å². The van der Waals surface area contributed by atoms with E-state index in [1.807, 2.05) is 37.3 Å². The number of hydrogen-bond acceptors (Lipinski definition) is 3. The SMILES string of the molecule is CNC(=O)C1CCCN1C(=O)C(C)C(N)c1ccccc1.Cl. The molecule has 22 heavy (non-hydrogen) atoms. The second kappa shape index (κ2) is 8.15. The third-order valence-corrected chi connectivity index (χ3v) is 4.20. The lowest BCUT2D eigenvalue weighted by Gasteiger charge is -2.29. The molecule has 1 aromatic rings. The molecule has 0 bridgehead atoms. The van der Waals surface area contributed by atoms with Crippen LogP contribution in [0.3, 0.4) is 0 Å². The molecule has 122 valence electrons. The van der Waals surface area contributed by atoms with E-state index in [4.69, 9.17) is 5.73 Å². The van der Waals surface area contributed by atoms with Crippen LogP contribution < -0.4 is 11.1 Å². The molecule has 3 N–H and O–H groups in total. The predicted octanol–water partition coefficient (Wildman–Crippen LogP) is 1.48. The van der Waals surface area contributed by atoms with Crippen molar-refractivity contribution in [1.29, 1.82) is 0 Å². The van der Waals surface area contributed by atoms with Crippen molar-refractivity contribution in [3.05, 3.63) is 35.9 Å². The molecule has 0 spiro atoms. The molecule has 5 nitrogen and oxygen atoms in total. The first-order chi connectivity index (χ1) is 10.1. The highest BCUT2D eigenvalue weighted by Gasteiger charge is 2.37. The molecule has 2 amide bonds. The fraction of sp³-hybridized carbons (Fsp3) is 0.500. The second-order valence-corrected chi connectivity index (χ2v) is 5.53. The van der Waals surface area contributed by atoms with Gasteiger partial charge in [0, 0.05) is 19.6 Å². The summed E-state index contributed by atoms with van der Waals surface area (Å²) in [5.74, 6) is -0.489. The smallest absolute Gasteiger partial charge is 0.242 e. The summed E-state index contributed by atoms with van der Waals surface area (Å²) in [6.07, 6.45) is 1.58. The van der Waals surface area contributed by atoms with Gasteiger partial charge in [-0.1, -0.05) is 37.3 Å². The molecule has 1 saturated heterocycles. The van der Waals surface area contributed by atoms with Gasteiger partial charge in [0.1, 0.15) is 6.04 Å². The first kappa shape index (κ1) is 18.5. The van der Waals surface area contributed by atoms with Crippen molar-refractivity contribution >= 4 is 24.2 Å². The van der Waals surface area contributed by atoms with E-state index in [1.165, 1.54) is 0 Å². The number of nitrogens with zero attached hydrogens (tertiary/aromatic N) is 1. The Bertz CT molecular complexity index is 509. The number of halogens is 1. The number of nitrogens with two attached hydrogens (primary N) is 1. The molecule has 1 fully saturated rings. The van der Waals surface area contributed by atoms with Crippen molar-refractivity contribution in [3.8, 4) is 0 Å². The Morgan fingerprint density at radius 2 is 1.95 bits per heavy atom. The lowest BCUT2D eigenvalue weighted by Crippen LogP contribution is -2.48. The van der Waals surface area contributed by atoms with Gasteiger partial charge in [-0.25, -0.2) is 0 Å². The Morgan fingerprint density at radius 1 is 1.32 bits per heavy atom. The maximum Gasteiger partial charge on any atom is 0.242 e. The third kappa shape index (κ3) is 3.78. The van der Waals surface area contributed by atoms with Crippen LogP contribution in [0.15, 0.2) is 30.3 Å². The summed E-state index contributed by atoms with van der Waals surface area (Å²) in [6, 6.07) is 8.89. The van der Waals surface area contributed by atoms with Crippen molar-refractivity contribution < 1.29 is 9.59 Å². The Kier molecular flexibility index (Phi) is 6.84. The van der Waals surface area contributed by atoms with Crippen molar-refractivity contribution in [3.63, 3.8) is 0 Å². The number of benzene rings is 1. The second-order valence-electron chi connectivity index (χ2n) is 5.53. The summed E-state index contributed by atoms with van der Waals surface area (Å²) >= 11 is 0. The molecule has 0 saturated carbocycles. The number of likely N-dealkylation sites (N-methyl/N-ethyl adjacent to an activating group) is 1. The van der Waals surface area contributed by atoms with Crippen molar-refractivity contribution in [2.24, 2.45) is 11.7 Å². The van der Waals surface area contributed by atoms with Gasteiger partial charge < -0.3 is 16.0 Å². The highest BCUT2D eigenvalue weighted by atomic mass is 35.5. The minimum absolute atomic E-state index is 0. The van der Waals surface area contributed by atoms with E-state index in [0.717, 1.165) is 18.4 Å². The number of likely N-dealkylation sites (tertiary alicyclic amines) is 1. The lowest BCUT2D eigenvalue weighted by atomic mass is 9.94. The van der Waals surface area contributed by atoms with Gasteiger partial charge in [0.05, 0.1) is 5.92 Å². The van der Waals surface area contributed by atoms with Crippen LogP contribution >= 0.6 is 12.4 Å². The highest BCUT2D eigenvalue weighted by molar-refractivity contribution is 5.89. The molecule has 1 heterocycles. The van der Waals surface area contributed by atoms with E-state index < -0.39 is 0 Å². The summed E-state index contributed by atoms with van der Waals surface area (Å²) in [7, 11) is 1.60. The van der Waals surface area contributed by atoms with Gasteiger partial charge in [0.25, 0.3) is 0 Å². The molecule has 1 aromatic carbocycles. The molecule has 0 radical (unpaired) electrons. The summed E-state index contributed by atoms with van der Waals surface area (Å²) in [5, 5.41) is 2.63. The number of hydrogen-bond donors (Lipinski definition) is 2. The van der Waals surface area contributed by atoms with E-state index in [9.17, 15) is 9.59 Å². The first-order valence-corrected chi connectivity index (χ1v) is 7.39. The Hall–Kier alpha value is -1.59. The lowest BCUT2D eigenvalue weighted by molar-refractivity contribution is -0.141. The normalized spacial score (nSPS) is 20.0. The maximum atomic E-state index is 12.7. The van der Waals surface area contributed by atoms with Gasteiger partial charge >= 0.3 is 0 Å². The van der Waals surface area contributed by atoms with Crippen LogP contribution in [0, 0.1) is 5.92 Å². The third-order valence-electron chi connectivity index (χ3n) is 4.20. The van der Waals surface area contributed by atoms with Crippen LogP contribution in [-0.2, 0) is 9.59 Å². The molecule has 1 aliphatic heterocycles. The van der Waals surface area contributed by atoms with Gasteiger partial charge in [0.15, 0.2) is 0 Å². The van der Waals surface area contributed by atoms with E-state index in [-0.39, 0.29) is 42.2 Å². The van der Waals surface area contributed by atoms with Crippen LogP contribution in [0.25, 0.3) is 0 Å². The number of nitrogens with one attached hydrogen (secondary N) is 1. The van der Waals surface area contributed by atoms with E-state index >= 15 is 0 Å². The van der Waals surface area contributed by atoms with Crippen molar-refractivity contribution in [2.45, 2.75) is 31.8 Å². The van der Waals surface area contributed by atoms with Crippen LogP contribution in [-0.4, -0.2) is 36.3 Å². The van der Waals surface area contributed by atoms with Crippen molar-refractivity contribution in [1.82, 2.24) is 10.2 Å². The highest BCUT2D eigenvalue weighted by Crippen LogP contribution is 2.25.